The molecule has 1 aliphatic carbocycles. The van der Waals surface area contributed by atoms with Crippen molar-refractivity contribution in [3.63, 3.8) is 0 Å². The van der Waals surface area contributed by atoms with Crippen molar-refractivity contribution in [1.82, 2.24) is 10.0 Å². The molecule has 1 aliphatic heterocycles. The quantitative estimate of drug-likeness (QED) is 0.651. The van der Waals surface area contributed by atoms with Crippen molar-refractivity contribution >= 4 is 21.8 Å². The first-order valence-electron chi connectivity index (χ1n) is 8.64. The SMILES string of the molecule is NCC1(NC(=O)CCCN=C2NS(=O)(=O)c3ccccc32)CCCC1. The molecule has 1 aromatic rings. The van der Waals surface area contributed by atoms with E-state index in [1.165, 1.54) is 0 Å². The van der Waals surface area contributed by atoms with E-state index in [0.29, 0.717) is 37.3 Å². The monoisotopic (exact) mass is 364 g/mol. The lowest BCUT2D eigenvalue weighted by molar-refractivity contribution is -0.123. The van der Waals surface area contributed by atoms with Gasteiger partial charge in [0.2, 0.25) is 5.91 Å². The number of amidine groups is 1. The summed E-state index contributed by atoms with van der Waals surface area (Å²) in [6.07, 6.45) is 4.99. The second-order valence-corrected chi connectivity index (χ2v) is 8.33. The van der Waals surface area contributed by atoms with Gasteiger partial charge in [-0.25, -0.2) is 8.42 Å². The number of rotatable bonds is 6. The number of aliphatic imine (C=N–C) groups is 1. The molecule has 0 unspecified atom stereocenters. The Kier molecular flexibility index (Phi) is 5.10. The highest BCUT2D eigenvalue weighted by atomic mass is 32.2. The van der Waals surface area contributed by atoms with Crippen molar-refractivity contribution in [1.29, 1.82) is 0 Å². The molecular weight excluding hydrogens is 340 g/mol. The Labute approximate surface area is 148 Å². The van der Waals surface area contributed by atoms with Crippen LogP contribution < -0.4 is 15.8 Å². The Hall–Kier alpha value is -1.93. The number of benzene rings is 1. The molecule has 4 N–H and O–H groups in total. The molecule has 3 rings (SSSR count). The number of amides is 1. The third kappa shape index (κ3) is 3.85. The Bertz CT molecular complexity index is 783. The van der Waals surface area contributed by atoms with Crippen LogP contribution in [0.15, 0.2) is 34.2 Å². The van der Waals surface area contributed by atoms with Gasteiger partial charge in [-0.15, -0.1) is 0 Å². The molecule has 1 aromatic carbocycles. The van der Waals surface area contributed by atoms with Crippen LogP contribution >= 0.6 is 0 Å². The molecule has 0 radical (unpaired) electrons. The van der Waals surface area contributed by atoms with Crippen molar-refractivity contribution in [2.45, 2.75) is 49.0 Å². The fourth-order valence-electron chi connectivity index (χ4n) is 3.47. The fraction of sp³-hybridized carbons (Fsp3) is 0.529. The highest BCUT2D eigenvalue weighted by Crippen LogP contribution is 2.28. The van der Waals surface area contributed by atoms with Crippen molar-refractivity contribution in [3.05, 3.63) is 29.8 Å². The lowest BCUT2D eigenvalue weighted by Crippen LogP contribution is -2.51. The number of fused-ring (bicyclic) bond motifs is 1. The zero-order valence-electron chi connectivity index (χ0n) is 14.1. The number of sulfonamides is 1. The number of nitrogens with one attached hydrogen (secondary N) is 2. The van der Waals surface area contributed by atoms with Crippen molar-refractivity contribution < 1.29 is 13.2 Å². The molecule has 1 fully saturated rings. The standard InChI is InChI=1S/C17H24N4O3S/c18-12-17(9-3-4-10-17)20-15(22)8-5-11-19-16-13-6-1-2-7-14(13)25(23,24)21-16/h1-2,6-7H,3-5,8-12,18H2,(H,19,21)(H,20,22). The summed E-state index contributed by atoms with van der Waals surface area (Å²) in [5.74, 6) is 0.338. The molecule has 0 atom stereocenters. The summed E-state index contributed by atoms with van der Waals surface area (Å²) >= 11 is 0. The van der Waals surface area contributed by atoms with E-state index in [9.17, 15) is 13.2 Å². The summed E-state index contributed by atoms with van der Waals surface area (Å²) in [5, 5.41) is 3.08. The predicted molar refractivity (Wildman–Crippen MR) is 95.8 cm³/mol. The van der Waals surface area contributed by atoms with Crippen molar-refractivity contribution in [2.75, 3.05) is 13.1 Å². The first kappa shape index (κ1) is 17.9. The number of hydrogen-bond acceptors (Lipinski definition) is 5. The van der Waals surface area contributed by atoms with Crippen LogP contribution in [0.5, 0.6) is 0 Å². The van der Waals surface area contributed by atoms with Crippen LogP contribution in [0.2, 0.25) is 0 Å². The summed E-state index contributed by atoms with van der Waals surface area (Å²) in [5.41, 5.74) is 6.17. The molecule has 0 aromatic heterocycles. The molecule has 2 aliphatic rings. The zero-order chi connectivity index (χ0) is 17.9. The minimum atomic E-state index is -3.51. The van der Waals surface area contributed by atoms with Crippen LogP contribution in [-0.2, 0) is 14.8 Å². The fourth-order valence-corrected chi connectivity index (χ4v) is 4.72. The summed E-state index contributed by atoms with van der Waals surface area (Å²) in [6, 6.07) is 6.74. The summed E-state index contributed by atoms with van der Waals surface area (Å²) in [4.78, 5) is 16.7. The van der Waals surface area contributed by atoms with E-state index in [1.807, 2.05) is 0 Å². The summed E-state index contributed by atoms with van der Waals surface area (Å²) < 4.78 is 26.5. The van der Waals surface area contributed by atoms with Crippen LogP contribution in [0.25, 0.3) is 0 Å². The van der Waals surface area contributed by atoms with Crippen molar-refractivity contribution in [2.24, 2.45) is 10.7 Å². The highest BCUT2D eigenvalue weighted by molar-refractivity contribution is 7.90. The van der Waals surface area contributed by atoms with Gasteiger partial charge in [0, 0.05) is 25.1 Å². The molecule has 8 heteroatoms. The van der Waals surface area contributed by atoms with Gasteiger partial charge in [-0.3, -0.25) is 14.5 Å². The Balaban J connectivity index is 1.53. The summed E-state index contributed by atoms with van der Waals surface area (Å²) in [7, 11) is -3.51. The molecule has 1 heterocycles. The maximum Gasteiger partial charge on any atom is 0.263 e. The van der Waals surface area contributed by atoms with E-state index < -0.39 is 10.0 Å². The minimum absolute atomic E-state index is 0.0139. The maximum absolute atomic E-state index is 12.1. The van der Waals surface area contributed by atoms with E-state index in [2.05, 4.69) is 15.0 Å². The zero-order valence-corrected chi connectivity index (χ0v) is 14.9. The molecule has 136 valence electrons. The molecule has 25 heavy (non-hydrogen) atoms. The largest absolute Gasteiger partial charge is 0.349 e. The topological polar surface area (TPSA) is 114 Å². The first-order valence-corrected chi connectivity index (χ1v) is 10.1. The Morgan fingerprint density at radius 1 is 1.28 bits per heavy atom. The van der Waals surface area contributed by atoms with E-state index >= 15 is 0 Å². The second-order valence-electron chi connectivity index (χ2n) is 6.68. The number of nitrogens with two attached hydrogens (primary N) is 1. The van der Waals surface area contributed by atoms with E-state index in [4.69, 9.17) is 5.73 Å². The Morgan fingerprint density at radius 3 is 2.72 bits per heavy atom. The van der Waals surface area contributed by atoms with E-state index in [1.54, 1.807) is 24.3 Å². The second kappa shape index (κ2) is 7.13. The molecular formula is C17H24N4O3S. The number of carbonyl (C=O) groups is 1. The third-order valence-electron chi connectivity index (χ3n) is 4.85. The number of hydrogen-bond donors (Lipinski definition) is 3. The van der Waals surface area contributed by atoms with Crippen molar-refractivity contribution in [3.8, 4) is 0 Å². The molecule has 1 amide bonds. The predicted octanol–water partition coefficient (Wildman–Crippen LogP) is 0.893. The van der Waals surface area contributed by atoms with Crippen LogP contribution in [0.1, 0.15) is 44.1 Å². The van der Waals surface area contributed by atoms with Crippen LogP contribution in [0, 0.1) is 0 Å². The van der Waals surface area contributed by atoms with Gasteiger partial charge in [0.25, 0.3) is 10.0 Å². The van der Waals surface area contributed by atoms with Gasteiger partial charge < -0.3 is 11.1 Å². The normalized spacial score (nSPS) is 21.7. The molecule has 7 nitrogen and oxygen atoms in total. The average molecular weight is 364 g/mol. The molecule has 1 saturated carbocycles. The van der Waals surface area contributed by atoms with E-state index in [-0.39, 0.29) is 16.3 Å². The number of nitrogens with zero attached hydrogens (tertiary/aromatic N) is 1. The average Bonchev–Trinajstić information content (AvgIpc) is 3.16. The van der Waals surface area contributed by atoms with Gasteiger partial charge in [-0.2, -0.15) is 0 Å². The van der Waals surface area contributed by atoms with Gasteiger partial charge in [-0.05, 0) is 31.4 Å². The smallest absolute Gasteiger partial charge is 0.263 e. The molecule has 0 bridgehead atoms. The van der Waals surface area contributed by atoms with Gasteiger partial charge in [-0.1, -0.05) is 25.0 Å². The van der Waals surface area contributed by atoms with Gasteiger partial charge >= 0.3 is 0 Å². The summed E-state index contributed by atoms with van der Waals surface area (Å²) in [6.45, 7) is 0.856. The third-order valence-corrected chi connectivity index (χ3v) is 6.25. The van der Waals surface area contributed by atoms with Crippen LogP contribution in [-0.4, -0.2) is 38.8 Å². The van der Waals surface area contributed by atoms with E-state index in [0.717, 1.165) is 25.7 Å². The number of carbonyl (C=O) groups excluding carboxylic acids is 1. The van der Waals surface area contributed by atoms with Gasteiger partial charge in [0.15, 0.2) is 0 Å². The maximum atomic E-state index is 12.1. The minimum Gasteiger partial charge on any atom is -0.349 e. The highest BCUT2D eigenvalue weighted by Gasteiger charge is 2.33. The first-order chi connectivity index (χ1) is 12.0. The lowest BCUT2D eigenvalue weighted by atomic mass is 9.97. The lowest BCUT2D eigenvalue weighted by Gasteiger charge is -2.28. The van der Waals surface area contributed by atoms with Gasteiger partial charge in [0.05, 0.1) is 10.4 Å². The van der Waals surface area contributed by atoms with Crippen LogP contribution in [0.4, 0.5) is 0 Å². The van der Waals surface area contributed by atoms with Gasteiger partial charge in [0.1, 0.15) is 5.84 Å². The Morgan fingerprint density at radius 2 is 2.00 bits per heavy atom. The van der Waals surface area contributed by atoms with Crippen LogP contribution in [0.3, 0.4) is 0 Å². The molecule has 0 spiro atoms. The molecule has 0 saturated heterocycles.